The summed E-state index contributed by atoms with van der Waals surface area (Å²) in [7, 11) is 0. The highest BCUT2D eigenvalue weighted by Gasteiger charge is 1.94. The zero-order valence-corrected chi connectivity index (χ0v) is 10.8. The van der Waals surface area contributed by atoms with Gasteiger partial charge in [0.1, 0.15) is 12.9 Å². The Labute approximate surface area is 108 Å². The fraction of sp³-hybridized carbons (Fsp3) is 0.500. The normalized spacial score (nSPS) is 10.5. The summed E-state index contributed by atoms with van der Waals surface area (Å²) in [6.07, 6.45) is 0.727. The molecule has 0 aliphatic carbocycles. The molecule has 0 unspecified atom stereocenters. The summed E-state index contributed by atoms with van der Waals surface area (Å²) in [6, 6.07) is 8.26. The molecule has 0 fully saturated rings. The van der Waals surface area contributed by atoms with Crippen LogP contribution >= 0.6 is 0 Å². The molecule has 0 saturated carbocycles. The van der Waals surface area contributed by atoms with Crippen molar-refractivity contribution in [3.8, 4) is 0 Å². The van der Waals surface area contributed by atoms with Gasteiger partial charge in [0.2, 0.25) is 0 Å². The maximum Gasteiger partial charge on any atom is 0.145 e. The number of aldehydes is 1. The van der Waals surface area contributed by atoms with E-state index in [-0.39, 0.29) is 6.61 Å². The summed E-state index contributed by atoms with van der Waals surface area (Å²) >= 11 is 0. The van der Waals surface area contributed by atoms with Gasteiger partial charge in [-0.3, -0.25) is 0 Å². The zero-order chi connectivity index (χ0) is 13.1. The largest absolute Gasteiger partial charge is 0.377 e. The molecule has 0 atom stereocenters. The van der Waals surface area contributed by atoms with Crippen LogP contribution < -0.4 is 0 Å². The molecule has 18 heavy (non-hydrogen) atoms. The molecule has 4 nitrogen and oxygen atoms in total. The molecule has 4 heteroatoms. The standard InChI is InChI=1S/C14H20O4/c1-13-2-4-14(5-3-13)12-18-11-10-17-9-8-16-7-6-15/h2-6H,7-12H2,1H3. The average Bonchev–Trinajstić information content (AvgIpc) is 2.39. The van der Waals surface area contributed by atoms with E-state index >= 15 is 0 Å². The van der Waals surface area contributed by atoms with Gasteiger partial charge >= 0.3 is 0 Å². The molecule has 0 aliphatic heterocycles. The van der Waals surface area contributed by atoms with E-state index in [2.05, 4.69) is 31.2 Å². The van der Waals surface area contributed by atoms with Gasteiger partial charge in [-0.25, -0.2) is 0 Å². The Morgan fingerprint density at radius 1 is 0.944 bits per heavy atom. The quantitative estimate of drug-likeness (QED) is 0.470. The van der Waals surface area contributed by atoms with Crippen LogP contribution in [0.15, 0.2) is 24.3 Å². The number of benzene rings is 1. The molecule has 0 heterocycles. The van der Waals surface area contributed by atoms with Crippen molar-refractivity contribution in [2.24, 2.45) is 0 Å². The Balaban J connectivity index is 1.92. The minimum absolute atomic E-state index is 0.132. The first-order valence-electron chi connectivity index (χ1n) is 6.05. The van der Waals surface area contributed by atoms with E-state index < -0.39 is 0 Å². The summed E-state index contributed by atoms with van der Waals surface area (Å²) in [4.78, 5) is 9.95. The van der Waals surface area contributed by atoms with Gasteiger partial charge in [0.15, 0.2) is 0 Å². The van der Waals surface area contributed by atoms with Crippen molar-refractivity contribution in [2.45, 2.75) is 13.5 Å². The van der Waals surface area contributed by atoms with Gasteiger partial charge in [-0.15, -0.1) is 0 Å². The second-order valence-corrected chi connectivity index (χ2v) is 3.89. The molecule has 1 rings (SSSR count). The Morgan fingerprint density at radius 2 is 1.56 bits per heavy atom. The summed E-state index contributed by atoms with van der Waals surface area (Å²) in [6.45, 7) is 4.82. The predicted octanol–water partition coefficient (Wildman–Crippen LogP) is 1.74. The lowest BCUT2D eigenvalue weighted by atomic mass is 10.2. The lowest BCUT2D eigenvalue weighted by Crippen LogP contribution is -2.10. The Hall–Kier alpha value is -1.23. The number of ether oxygens (including phenoxy) is 3. The number of carbonyl (C=O) groups is 1. The monoisotopic (exact) mass is 252 g/mol. The smallest absolute Gasteiger partial charge is 0.145 e. The van der Waals surface area contributed by atoms with E-state index in [1.165, 1.54) is 5.56 Å². The maximum absolute atomic E-state index is 9.95. The zero-order valence-electron chi connectivity index (χ0n) is 10.8. The fourth-order valence-electron chi connectivity index (χ4n) is 1.34. The van der Waals surface area contributed by atoms with E-state index in [0.717, 1.165) is 11.8 Å². The highest BCUT2D eigenvalue weighted by molar-refractivity contribution is 5.50. The van der Waals surface area contributed by atoms with Crippen molar-refractivity contribution in [1.82, 2.24) is 0 Å². The number of hydrogen-bond acceptors (Lipinski definition) is 4. The van der Waals surface area contributed by atoms with Gasteiger partial charge in [-0.1, -0.05) is 29.8 Å². The first-order valence-corrected chi connectivity index (χ1v) is 6.05. The first kappa shape index (κ1) is 14.8. The van der Waals surface area contributed by atoms with E-state index in [1.54, 1.807) is 0 Å². The third kappa shape index (κ3) is 7.17. The lowest BCUT2D eigenvalue weighted by molar-refractivity contribution is -0.112. The molecule has 0 amide bonds. The van der Waals surface area contributed by atoms with Gasteiger partial charge < -0.3 is 19.0 Å². The van der Waals surface area contributed by atoms with Crippen LogP contribution in [0.1, 0.15) is 11.1 Å². The second-order valence-electron chi connectivity index (χ2n) is 3.89. The molecule has 0 bridgehead atoms. The van der Waals surface area contributed by atoms with Crippen LogP contribution in [0.4, 0.5) is 0 Å². The molecule has 1 aromatic rings. The number of aryl methyl sites for hydroxylation is 1. The van der Waals surface area contributed by atoms with Gasteiger partial charge in [0.25, 0.3) is 0 Å². The van der Waals surface area contributed by atoms with Crippen molar-refractivity contribution >= 4 is 6.29 Å². The minimum atomic E-state index is 0.132. The first-order chi connectivity index (χ1) is 8.83. The molecule has 0 aromatic heterocycles. The van der Waals surface area contributed by atoms with Crippen LogP contribution in [-0.2, 0) is 25.6 Å². The molecule has 0 radical (unpaired) electrons. The van der Waals surface area contributed by atoms with Crippen molar-refractivity contribution in [3.05, 3.63) is 35.4 Å². The van der Waals surface area contributed by atoms with Gasteiger partial charge in [-0.05, 0) is 12.5 Å². The van der Waals surface area contributed by atoms with Crippen LogP contribution in [0.5, 0.6) is 0 Å². The molecular weight excluding hydrogens is 232 g/mol. The van der Waals surface area contributed by atoms with Crippen molar-refractivity contribution < 1.29 is 19.0 Å². The third-order valence-corrected chi connectivity index (χ3v) is 2.32. The van der Waals surface area contributed by atoms with Crippen LogP contribution in [0.3, 0.4) is 0 Å². The molecule has 0 N–H and O–H groups in total. The Kier molecular flexibility index (Phi) is 8.04. The van der Waals surface area contributed by atoms with Crippen LogP contribution in [0.25, 0.3) is 0 Å². The maximum atomic E-state index is 9.95. The summed E-state index contributed by atoms with van der Waals surface area (Å²) < 4.78 is 15.7. The van der Waals surface area contributed by atoms with E-state index in [9.17, 15) is 4.79 Å². The lowest BCUT2D eigenvalue weighted by Gasteiger charge is -2.06. The van der Waals surface area contributed by atoms with Crippen LogP contribution in [0.2, 0.25) is 0 Å². The average molecular weight is 252 g/mol. The molecule has 1 aromatic carbocycles. The molecule has 100 valence electrons. The molecule has 0 saturated heterocycles. The van der Waals surface area contributed by atoms with Gasteiger partial charge in [-0.2, -0.15) is 0 Å². The van der Waals surface area contributed by atoms with Crippen molar-refractivity contribution in [2.75, 3.05) is 33.0 Å². The molecule has 0 aliphatic rings. The fourth-order valence-corrected chi connectivity index (χ4v) is 1.34. The number of carbonyl (C=O) groups excluding carboxylic acids is 1. The summed E-state index contributed by atoms with van der Waals surface area (Å²) in [5, 5.41) is 0. The third-order valence-electron chi connectivity index (χ3n) is 2.32. The van der Waals surface area contributed by atoms with Crippen LogP contribution in [0, 0.1) is 6.92 Å². The highest BCUT2D eigenvalue weighted by atomic mass is 16.5. The molecular formula is C14H20O4. The number of hydrogen-bond donors (Lipinski definition) is 0. The van der Waals surface area contributed by atoms with Gasteiger partial charge in [0.05, 0.1) is 33.0 Å². The Bertz CT molecular complexity index is 321. The van der Waals surface area contributed by atoms with Crippen molar-refractivity contribution in [1.29, 1.82) is 0 Å². The summed E-state index contributed by atoms with van der Waals surface area (Å²) in [5.41, 5.74) is 2.41. The predicted molar refractivity (Wildman–Crippen MR) is 68.5 cm³/mol. The van der Waals surface area contributed by atoms with Gasteiger partial charge in [0, 0.05) is 0 Å². The highest BCUT2D eigenvalue weighted by Crippen LogP contribution is 2.04. The van der Waals surface area contributed by atoms with E-state index in [4.69, 9.17) is 14.2 Å². The molecule has 0 spiro atoms. The SMILES string of the molecule is Cc1ccc(COCCOCCOCC=O)cc1. The minimum Gasteiger partial charge on any atom is -0.377 e. The van der Waals surface area contributed by atoms with E-state index in [1.807, 2.05) is 0 Å². The van der Waals surface area contributed by atoms with Crippen molar-refractivity contribution in [3.63, 3.8) is 0 Å². The summed E-state index contributed by atoms with van der Waals surface area (Å²) in [5.74, 6) is 0. The van der Waals surface area contributed by atoms with Crippen LogP contribution in [-0.4, -0.2) is 39.3 Å². The Morgan fingerprint density at radius 3 is 2.22 bits per heavy atom. The topological polar surface area (TPSA) is 44.8 Å². The van der Waals surface area contributed by atoms with E-state index in [0.29, 0.717) is 33.0 Å². The second kappa shape index (κ2) is 9.76. The number of rotatable bonds is 10.